The second-order valence-electron chi connectivity index (χ2n) is 2.74. The normalized spacial score (nSPS) is 12.0. The van der Waals surface area contributed by atoms with Crippen molar-refractivity contribution in [1.29, 1.82) is 0 Å². The number of hydrogen-bond acceptors (Lipinski definition) is 0. The van der Waals surface area contributed by atoms with Crippen LogP contribution in [0.15, 0.2) is 36.4 Å². The average Bonchev–Trinajstić information content (AvgIpc) is 2.35. The molecular formula is C10H6. The Morgan fingerprint density at radius 3 is 2.30 bits per heavy atom. The van der Waals surface area contributed by atoms with Gasteiger partial charge in [0.15, 0.2) is 0 Å². The Balaban J connectivity index is 2.57. The summed E-state index contributed by atoms with van der Waals surface area (Å²) in [6, 6.07) is 13.0. The van der Waals surface area contributed by atoms with E-state index in [1.807, 2.05) is 0 Å². The summed E-state index contributed by atoms with van der Waals surface area (Å²) in [6.07, 6.45) is 0. The minimum Gasteiger partial charge on any atom is -0.0610 e. The van der Waals surface area contributed by atoms with Gasteiger partial charge in [0, 0.05) is 0 Å². The highest BCUT2D eigenvalue weighted by molar-refractivity contribution is 5.94. The smallest absolute Gasteiger partial charge is 0.0105 e. The molecule has 3 aliphatic rings. The van der Waals surface area contributed by atoms with Crippen LogP contribution in [0.25, 0.3) is 22.3 Å². The summed E-state index contributed by atoms with van der Waals surface area (Å²) in [5.41, 5.74) is 5.64. The maximum atomic E-state index is 2.24. The van der Waals surface area contributed by atoms with Crippen molar-refractivity contribution in [3.8, 4) is 22.3 Å². The molecule has 0 amide bonds. The zero-order chi connectivity index (χ0) is 6.55. The monoisotopic (exact) mass is 126 g/mol. The highest BCUT2D eigenvalue weighted by Crippen LogP contribution is 2.42. The minimum atomic E-state index is 1.38. The molecule has 0 bridgehead atoms. The summed E-state index contributed by atoms with van der Waals surface area (Å²) < 4.78 is 0. The maximum absolute atomic E-state index is 2.24. The van der Waals surface area contributed by atoms with E-state index in [1.54, 1.807) is 0 Å². The molecule has 0 fully saturated rings. The SMILES string of the molecule is c1cc2cc3ccc-3c-2c1. The van der Waals surface area contributed by atoms with E-state index in [2.05, 4.69) is 36.4 Å². The van der Waals surface area contributed by atoms with Gasteiger partial charge in [-0.15, -0.1) is 0 Å². The first-order valence-electron chi connectivity index (χ1n) is 3.48. The summed E-state index contributed by atoms with van der Waals surface area (Å²) in [4.78, 5) is 0. The lowest BCUT2D eigenvalue weighted by molar-refractivity contribution is 1.70. The molecule has 0 heterocycles. The molecule has 10 heavy (non-hydrogen) atoms. The Morgan fingerprint density at radius 2 is 1.50 bits per heavy atom. The molecule has 0 aromatic carbocycles. The van der Waals surface area contributed by atoms with Crippen LogP contribution in [0, 0.1) is 0 Å². The van der Waals surface area contributed by atoms with Crippen molar-refractivity contribution in [1.82, 2.24) is 0 Å². The van der Waals surface area contributed by atoms with Gasteiger partial charge in [-0.2, -0.15) is 0 Å². The van der Waals surface area contributed by atoms with Gasteiger partial charge in [-0.25, -0.2) is 0 Å². The van der Waals surface area contributed by atoms with Crippen LogP contribution in [0.5, 0.6) is 0 Å². The Kier molecular flexibility index (Phi) is 0.558. The molecule has 0 aliphatic heterocycles. The quantitative estimate of drug-likeness (QED) is 0.434. The van der Waals surface area contributed by atoms with Crippen LogP contribution in [0.1, 0.15) is 0 Å². The predicted octanol–water partition coefficient (Wildman–Crippen LogP) is 2.77. The molecule has 0 spiro atoms. The van der Waals surface area contributed by atoms with Crippen molar-refractivity contribution in [2.45, 2.75) is 0 Å². The van der Waals surface area contributed by atoms with E-state index in [0.717, 1.165) is 0 Å². The molecule has 0 saturated carbocycles. The van der Waals surface area contributed by atoms with Crippen LogP contribution in [-0.4, -0.2) is 0 Å². The lowest BCUT2D eigenvalue weighted by Gasteiger charge is -2.00. The standard InChI is InChI=1S/C10H6/c1-2-7-6-8-4-5-10(8)9(7)3-1/h1-6H. The maximum Gasteiger partial charge on any atom is -0.0105 e. The zero-order valence-corrected chi connectivity index (χ0v) is 5.46. The molecule has 0 atom stereocenters. The third kappa shape index (κ3) is 0.330. The van der Waals surface area contributed by atoms with Crippen molar-refractivity contribution in [2.75, 3.05) is 0 Å². The molecule has 0 saturated heterocycles. The van der Waals surface area contributed by atoms with Gasteiger partial charge in [-0.3, -0.25) is 0 Å². The van der Waals surface area contributed by atoms with Crippen molar-refractivity contribution in [3.63, 3.8) is 0 Å². The molecule has 3 aliphatic carbocycles. The molecular weight excluding hydrogens is 120 g/mol. The van der Waals surface area contributed by atoms with Gasteiger partial charge in [-0.1, -0.05) is 30.3 Å². The van der Waals surface area contributed by atoms with Crippen LogP contribution in [0.2, 0.25) is 0 Å². The second kappa shape index (κ2) is 1.24. The molecule has 0 N–H and O–H groups in total. The third-order valence-corrected chi connectivity index (χ3v) is 2.19. The van der Waals surface area contributed by atoms with Gasteiger partial charge in [0.2, 0.25) is 0 Å². The van der Waals surface area contributed by atoms with Gasteiger partial charge in [0.1, 0.15) is 0 Å². The fraction of sp³-hybridized carbons (Fsp3) is 0. The van der Waals surface area contributed by atoms with E-state index >= 15 is 0 Å². The number of hydrogen-bond donors (Lipinski definition) is 0. The molecule has 0 aromatic heterocycles. The molecule has 46 valence electrons. The topological polar surface area (TPSA) is 0 Å². The predicted molar refractivity (Wildman–Crippen MR) is 42.1 cm³/mol. The molecule has 0 aromatic rings. The first-order chi connectivity index (χ1) is 4.95. The van der Waals surface area contributed by atoms with Gasteiger partial charge in [-0.05, 0) is 28.3 Å². The van der Waals surface area contributed by atoms with Crippen molar-refractivity contribution in [3.05, 3.63) is 36.4 Å². The second-order valence-corrected chi connectivity index (χ2v) is 2.74. The van der Waals surface area contributed by atoms with Crippen LogP contribution in [-0.2, 0) is 0 Å². The van der Waals surface area contributed by atoms with Crippen LogP contribution in [0.3, 0.4) is 0 Å². The lowest BCUT2D eigenvalue weighted by atomic mass is 10.0. The lowest BCUT2D eigenvalue weighted by Crippen LogP contribution is -1.74. The Hall–Kier alpha value is -1.30. The third-order valence-electron chi connectivity index (χ3n) is 2.19. The number of rotatable bonds is 0. The Labute approximate surface area is 59.5 Å². The van der Waals surface area contributed by atoms with Crippen LogP contribution in [0.4, 0.5) is 0 Å². The highest BCUT2D eigenvalue weighted by Gasteiger charge is 2.16. The van der Waals surface area contributed by atoms with Crippen molar-refractivity contribution >= 4 is 0 Å². The van der Waals surface area contributed by atoms with Crippen LogP contribution >= 0.6 is 0 Å². The van der Waals surface area contributed by atoms with E-state index in [9.17, 15) is 0 Å². The fourth-order valence-electron chi connectivity index (χ4n) is 1.61. The first-order valence-corrected chi connectivity index (χ1v) is 3.48. The Morgan fingerprint density at radius 1 is 0.700 bits per heavy atom. The summed E-state index contributed by atoms with van der Waals surface area (Å²) in [5, 5.41) is 0. The fourth-order valence-corrected chi connectivity index (χ4v) is 1.61. The molecule has 3 rings (SSSR count). The summed E-state index contributed by atoms with van der Waals surface area (Å²) in [5.74, 6) is 0. The highest BCUT2D eigenvalue weighted by atomic mass is 14.2. The van der Waals surface area contributed by atoms with E-state index in [-0.39, 0.29) is 0 Å². The van der Waals surface area contributed by atoms with Crippen molar-refractivity contribution < 1.29 is 0 Å². The van der Waals surface area contributed by atoms with Gasteiger partial charge < -0.3 is 0 Å². The van der Waals surface area contributed by atoms with E-state index in [0.29, 0.717) is 0 Å². The largest absolute Gasteiger partial charge is 0.0610 e. The van der Waals surface area contributed by atoms with Gasteiger partial charge in [0.05, 0.1) is 0 Å². The van der Waals surface area contributed by atoms with Crippen LogP contribution < -0.4 is 0 Å². The molecule has 0 heteroatoms. The molecule has 0 unspecified atom stereocenters. The minimum absolute atomic E-state index is 1.38. The molecule has 0 nitrogen and oxygen atoms in total. The molecule has 0 radical (unpaired) electrons. The average molecular weight is 126 g/mol. The van der Waals surface area contributed by atoms with E-state index < -0.39 is 0 Å². The summed E-state index contributed by atoms with van der Waals surface area (Å²) in [6.45, 7) is 0. The summed E-state index contributed by atoms with van der Waals surface area (Å²) >= 11 is 0. The summed E-state index contributed by atoms with van der Waals surface area (Å²) in [7, 11) is 0. The Bertz CT molecular complexity index is 371. The first kappa shape index (κ1) is 4.51. The van der Waals surface area contributed by atoms with E-state index in [4.69, 9.17) is 0 Å². The van der Waals surface area contributed by atoms with Gasteiger partial charge >= 0.3 is 0 Å². The van der Waals surface area contributed by atoms with E-state index in [1.165, 1.54) is 22.3 Å². The van der Waals surface area contributed by atoms with Gasteiger partial charge in [0.25, 0.3) is 0 Å². The zero-order valence-electron chi connectivity index (χ0n) is 5.46. The van der Waals surface area contributed by atoms with Crippen molar-refractivity contribution in [2.24, 2.45) is 0 Å². The number of fused-ring (bicyclic) bond motifs is 3.